The van der Waals surface area contributed by atoms with Crippen molar-refractivity contribution in [3.63, 3.8) is 0 Å². The first kappa shape index (κ1) is 29.8. The van der Waals surface area contributed by atoms with Crippen LogP contribution in [-0.4, -0.2) is 36.8 Å². The average molecular weight is 666 g/mol. The first-order valence-corrected chi connectivity index (χ1v) is 17.2. The standard InChI is InChI=1S/C44H28BN7/c1-2-5-29(6-3-1)30-8-10-31(11-9-30)36-16-21-45-38-14-12-35(27-37(38)40-39(52(45)28-36)15-13-32-7-4-22-48-41(32)40)44-50-42(33-17-23-46-24-18-33)49-43(51-44)34-19-25-47-26-20-34/h1-28H. The zero-order chi connectivity index (χ0) is 34.4. The Morgan fingerprint density at radius 1 is 0.500 bits per heavy atom. The van der Waals surface area contributed by atoms with Crippen molar-refractivity contribution in [3.8, 4) is 56.4 Å². The van der Waals surface area contributed by atoms with E-state index in [9.17, 15) is 0 Å². The van der Waals surface area contributed by atoms with Crippen molar-refractivity contribution < 1.29 is 0 Å². The number of fused-ring (bicyclic) bond motifs is 8. The van der Waals surface area contributed by atoms with Crippen molar-refractivity contribution in [2.24, 2.45) is 0 Å². The molecule has 0 N–H and O–H groups in total. The second-order valence-electron chi connectivity index (χ2n) is 12.9. The molecule has 0 aliphatic carbocycles. The highest BCUT2D eigenvalue weighted by molar-refractivity contribution is 6.84. The number of allylic oxidation sites excluding steroid dienone is 2. The minimum absolute atomic E-state index is 0.00294. The third-order valence-corrected chi connectivity index (χ3v) is 9.80. The molecule has 0 amide bonds. The zero-order valence-electron chi connectivity index (χ0n) is 27.9. The van der Waals surface area contributed by atoms with Crippen LogP contribution < -0.4 is 10.3 Å². The van der Waals surface area contributed by atoms with Crippen LogP contribution in [0.15, 0.2) is 171 Å². The molecular weight excluding hydrogens is 637 g/mol. The fraction of sp³-hybridized carbons (Fsp3) is 0. The van der Waals surface area contributed by atoms with Crippen LogP contribution in [-0.2, 0) is 0 Å². The minimum atomic E-state index is 0.00294. The lowest BCUT2D eigenvalue weighted by Crippen LogP contribution is -2.49. The summed E-state index contributed by atoms with van der Waals surface area (Å²) in [5.41, 5.74) is 12.8. The number of benzene rings is 4. The highest BCUT2D eigenvalue weighted by Crippen LogP contribution is 2.43. The third-order valence-electron chi connectivity index (χ3n) is 9.80. The van der Waals surface area contributed by atoms with E-state index in [1.54, 1.807) is 24.8 Å². The van der Waals surface area contributed by atoms with Gasteiger partial charge in [-0.1, -0.05) is 90.9 Å². The molecule has 2 aliphatic rings. The number of hydrogen-bond acceptors (Lipinski definition) is 7. The Hall–Kier alpha value is -7.06. The molecule has 0 bridgehead atoms. The van der Waals surface area contributed by atoms with Crippen LogP contribution in [0.3, 0.4) is 0 Å². The average Bonchev–Trinajstić information content (AvgIpc) is 3.24. The van der Waals surface area contributed by atoms with Gasteiger partial charge in [0.1, 0.15) is 0 Å². The molecule has 0 atom stereocenters. The van der Waals surface area contributed by atoms with E-state index in [-0.39, 0.29) is 6.85 Å². The van der Waals surface area contributed by atoms with Crippen LogP contribution in [0.4, 0.5) is 5.69 Å². The van der Waals surface area contributed by atoms with Gasteiger partial charge in [-0.15, -0.1) is 0 Å². The van der Waals surface area contributed by atoms with Crippen LogP contribution >= 0.6 is 0 Å². The largest absolute Gasteiger partial charge is 0.382 e. The Morgan fingerprint density at radius 2 is 1.13 bits per heavy atom. The van der Waals surface area contributed by atoms with Gasteiger partial charge in [0.05, 0.1) is 5.52 Å². The normalized spacial score (nSPS) is 13.0. The van der Waals surface area contributed by atoms with Crippen molar-refractivity contribution in [3.05, 3.63) is 176 Å². The molecule has 0 unspecified atom stereocenters. The van der Waals surface area contributed by atoms with Gasteiger partial charge in [0, 0.05) is 64.3 Å². The lowest BCUT2D eigenvalue weighted by molar-refractivity contribution is 1.07. The van der Waals surface area contributed by atoms with Crippen molar-refractivity contribution >= 4 is 34.5 Å². The van der Waals surface area contributed by atoms with Gasteiger partial charge in [-0.05, 0) is 82.0 Å². The van der Waals surface area contributed by atoms with E-state index in [0.29, 0.717) is 17.5 Å². The van der Waals surface area contributed by atoms with Crippen molar-refractivity contribution in [2.75, 3.05) is 4.81 Å². The first-order valence-electron chi connectivity index (χ1n) is 17.2. The maximum atomic E-state index is 5.00. The Balaban J connectivity index is 1.11. The molecule has 0 saturated heterocycles. The van der Waals surface area contributed by atoms with Gasteiger partial charge in [-0.25, -0.2) is 15.0 Å². The van der Waals surface area contributed by atoms with Gasteiger partial charge in [-0.3, -0.25) is 15.0 Å². The Kier molecular flexibility index (Phi) is 7.09. The van der Waals surface area contributed by atoms with Gasteiger partial charge in [0.25, 0.3) is 0 Å². The molecule has 6 heterocycles. The summed E-state index contributed by atoms with van der Waals surface area (Å²) in [6.07, 6.45) is 13.4. The Morgan fingerprint density at radius 3 is 1.85 bits per heavy atom. The number of anilines is 1. The molecule has 0 fully saturated rings. The molecular formula is C44H28BN7. The predicted octanol–water partition coefficient (Wildman–Crippen LogP) is 8.71. The lowest BCUT2D eigenvalue weighted by Gasteiger charge is -2.37. The fourth-order valence-corrected chi connectivity index (χ4v) is 7.24. The van der Waals surface area contributed by atoms with Crippen molar-refractivity contribution in [1.82, 2.24) is 29.9 Å². The minimum Gasteiger partial charge on any atom is -0.382 e. The summed E-state index contributed by atoms with van der Waals surface area (Å²) in [7, 11) is 0. The number of hydrogen-bond donors (Lipinski definition) is 0. The van der Waals surface area contributed by atoms with Crippen molar-refractivity contribution in [2.45, 2.75) is 0 Å². The zero-order valence-corrected chi connectivity index (χ0v) is 27.9. The molecule has 10 rings (SSSR count). The van der Waals surface area contributed by atoms with Crippen LogP contribution in [0.1, 0.15) is 5.56 Å². The summed E-state index contributed by atoms with van der Waals surface area (Å²) in [6, 6.07) is 42.0. The summed E-state index contributed by atoms with van der Waals surface area (Å²) >= 11 is 0. The smallest absolute Gasteiger partial charge is 0.320 e. The van der Waals surface area contributed by atoms with E-state index >= 15 is 0 Å². The van der Waals surface area contributed by atoms with Crippen LogP contribution in [0.5, 0.6) is 0 Å². The second-order valence-corrected chi connectivity index (χ2v) is 12.9. The molecule has 2 aliphatic heterocycles. The molecule has 7 nitrogen and oxygen atoms in total. The maximum Gasteiger partial charge on any atom is 0.320 e. The third kappa shape index (κ3) is 5.17. The summed E-state index contributed by atoms with van der Waals surface area (Å²) in [6.45, 7) is 0.00294. The molecule has 8 aromatic rings. The van der Waals surface area contributed by atoms with E-state index in [1.165, 1.54) is 22.2 Å². The first-order chi connectivity index (χ1) is 25.8. The fourth-order valence-electron chi connectivity index (χ4n) is 7.24. The lowest BCUT2D eigenvalue weighted by atomic mass is 9.49. The quantitative estimate of drug-likeness (QED) is 0.170. The summed E-state index contributed by atoms with van der Waals surface area (Å²) in [4.78, 5) is 30.6. The Labute approximate surface area is 300 Å². The molecule has 4 aromatic heterocycles. The SMILES string of the molecule is C1=CC(c2ccc(-c3ccccc3)cc2)=CN2B1c1ccc(-c3nc(-c4ccncc4)nc(-c4ccncc4)n3)cc1-c1c2ccc2cccnc12. The maximum absolute atomic E-state index is 5.00. The van der Waals surface area contributed by atoms with Gasteiger partial charge < -0.3 is 4.81 Å². The molecule has 4 aromatic carbocycles. The molecule has 8 heteroatoms. The Bertz CT molecular complexity index is 2620. The number of nitrogens with zero attached hydrogens (tertiary/aromatic N) is 7. The van der Waals surface area contributed by atoms with E-state index in [2.05, 4.69) is 118 Å². The topological polar surface area (TPSA) is 80.6 Å². The van der Waals surface area contributed by atoms with Crippen LogP contribution in [0, 0.1) is 0 Å². The van der Waals surface area contributed by atoms with E-state index < -0.39 is 0 Å². The highest BCUT2D eigenvalue weighted by Gasteiger charge is 2.35. The molecule has 0 saturated carbocycles. The van der Waals surface area contributed by atoms with E-state index in [0.717, 1.165) is 50.0 Å². The number of rotatable bonds is 5. The van der Waals surface area contributed by atoms with E-state index in [1.807, 2.05) is 42.6 Å². The van der Waals surface area contributed by atoms with Gasteiger partial charge in [0.15, 0.2) is 17.5 Å². The van der Waals surface area contributed by atoms with E-state index in [4.69, 9.17) is 19.9 Å². The molecule has 242 valence electrons. The van der Waals surface area contributed by atoms with Gasteiger partial charge >= 0.3 is 6.85 Å². The van der Waals surface area contributed by atoms with Crippen molar-refractivity contribution in [1.29, 1.82) is 0 Å². The molecule has 0 spiro atoms. The second kappa shape index (κ2) is 12.4. The summed E-state index contributed by atoms with van der Waals surface area (Å²) in [5, 5.41) is 1.09. The van der Waals surface area contributed by atoms with Crippen LogP contribution in [0.2, 0.25) is 0 Å². The summed E-state index contributed by atoms with van der Waals surface area (Å²) in [5.74, 6) is 4.06. The van der Waals surface area contributed by atoms with Crippen LogP contribution in [0.25, 0.3) is 72.9 Å². The summed E-state index contributed by atoms with van der Waals surface area (Å²) < 4.78 is 0. The van der Waals surface area contributed by atoms with Gasteiger partial charge in [0.2, 0.25) is 0 Å². The number of aromatic nitrogens is 6. The monoisotopic (exact) mass is 665 g/mol. The molecule has 52 heavy (non-hydrogen) atoms. The van der Waals surface area contributed by atoms with Gasteiger partial charge in [-0.2, -0.15) is 0 Å². The predicted molar refractivity (Wildman–Crippen MR) is 209 cm³/mol. The number of pyridine rings is 3. The highest BCUT2D eigenvalue weighted by atomic mass is 15.1. The molecule has 0 radical (unpaired) electrons.